The third kappa shape index (κ3) is 16.3. The van der Waals surface area contributed by atoms with Crippen molar-refractivity contribution >= 4 is 91.6 Å². The van der Waals surface area contributed by atoms with Crippen LogP contribution in [0.1, 0.15) is 198 Å². The molecule has 1 saturated carbocycles. The molecule has 130 heavy (non-hydrogen) atoms. The number of imidazole rings is 4. The average Bonchev–Trinajstić information content (AvgIpc) is 1.41. The van der Waals surface area contributed by atoms with Crippen LogP contribution in [0.25, 0.3) is 88.4 Å². The Bertz CT molecular complexity index is 6080. The molecule has 32 nitrogen and oxygen atoms in total. The number of aromatic nitrogens is 8. The molecule has 18 atom stereocenters. The molecule has 4 aromatic heterocycles. The summed E-state index contributed by atoms with van der Waals surface area (Å²) in [4.78, 5) is 155. The normalized spacial score (nSPS) is 25.5. The van der Waals surface area contributed by atoms with E-state index in [0.29, 0.717) is 120 Å². The van der Waals surface area contributed by atoms with Crippen LogP contribution in [0, 0.1) is 41.4 Å². The van der Waals surface area contributed by atoms with Gasteiger partial charge in [0.1, 0.15) is 72.2 Å². The summed E-state index contributed by atoms with van der Waals surface area (Å²) in [6, 6.07) is 23.6. The van der Waals surface area contributed by atoms with Crippen LogP contribution in [0.2, 0.25) is 0 Å². The lowest BCUT2D eigenvalue weighted by Gasteiger charge is -2.37. The zero-order valence-corrected chi connectivity index (χ0v) is 75.6. The molecule has 19 rings (SSSR count). The van der Waals surface area contributed by atoms with E-state index in [-0.39, 0.29) is 114 Å². The Morgan fingerprint density at radius 1 is 0.469 bits per heavy atom. The molecule has 3 unspecified atom stereocenters. The number of ether oxygens (including phenoxy) is 8. The van der Waals surface area contributed by atoms with Gasteiger partial charge in [0.25, 0.3) is 0 Å². The number of methoxy groups -OCH3 is 3. The number of carbonyl (C=O) groups is 8. The van der Waals surface area contributed by atoms with Gasteiger partial charge in [-0.25, -0.2) is 39.1 Å². The lowest BCUT2D eigenvalue weighted by atomic mass is 9.87. The number of nitrogens with zero attached hydrogens (tertiary/aromatic N) is 8. The highest BCUT2D eigenvalue weighted by Gasteiger charge is 2.54. The third-order valence-electron chi connectivity index (χ3n) is 29.3. The molecular weight excluding hydrogens is 1660 g/mol. The largest absolute Gasteiger partial charge is 0.488 e. The first-order chi connectivity index (χ1) is 62.7. The highest BCUT2D eigenvalue weighted by molar-refractivity contribution is 6.09. The van der Waals surface area contributed by atoms with E-state index in [1.54, 1.807) is 6.20 Å². The van der Waals surface area contributed by atoms with Gasteiger partial charge in [0.2, 0.25) is 23.6 Å². The molecule has 0 spiro atoms. The van der Waals surface area contributed by atoms with E-state index in [1.807, 2.05) is 93.3 Å². The average molecular weight is 1770 g/mol. The Kier molecular flexibility index (Phi) is 23.8. The fourth-order valence-electron chi connectivity index (χ4n) is 22.6. The second-order valence-electron chi connectivity index (χ2n) is 38.3. The minimum absolute atomic E-state index is 0.0410. The second kappa shape index (κ2) is 35.5. The smallest absolute Gasteiger partial charge is 0.407 e. The van der Waals surface area contributed by atoms with Crippen LogP contribution in [0.15, 0.2) is 97.3 Å². The van der Waals surface area contributed by atoms with Gasteiger partial charge in [-0.05, 0) is 239 Å². The van der Waals surface area contributed by atoms with E-state index in [9.17, 15) is 28.8 Å². The van der Waals surface area contributed by atoms with Crippen molar-refractivity contribution in [2.24, 2.45) is 41.4 Å². The standard InChI is InChI=1S/C98H116N16O16/c1-47(2)81(92(116)112-50(6)13-24-75(112)87-99-41-72(103-87)56-15-20-63-61(34-56)45-129-80-40-67-55(37-69(63)80)18-23-71-86(67)106-90(102-71)77-31-49(5)43-111(77)91(115)83(109-96(120)124-11)58-27-29-126-52(8)32-58)108-98(122)130-44-60-19-26-74-65(60)38-78(114(74)93(117)82(48(3)4)107-95(119)123-10)88-100-42-73(104-88)57-16-21-64-62(35-57)46-128-79-39-66-54(36-68(64)79)17-22-70-85(66)105-89(101-70)76-25-14-51(7)113(76)94(118)84(110-97(121)125-12)59-28-30-127-53(9)33-59/h15-18,20-23,34-37,39-42,47-53,58-60,65,74-78,81-84H,13-14,19,24-33,38,43-46H2,1-12H3,(H,99,103)(H,100,104)(H,101,105)(H,102,106)(H,107,119)(H,108,122)(H,109,120)(H,110,121)/t49-,50-,51-,52+,53+,58?,59?,60?,65+,74-,75-,76-,77-,78-,81-,82-,83-,84-/m0/s1. The van der Waals surface area contributed by atoms with Crippen molar-refractivity contribution in [3.63, 3.8) is 0 Å². The molecular formula is C98H116N16O16. The van der Waals surface area contributed by atoms with Gasteiger partial charge in [-0.15, -0.1) is 0 Å². The van der Waals surface area contributed by atoms with Crippen LogP contribution < -0.4 is 30.7 Å². The maximum Gasteiger partial charge on any atom is 0.407 e. The first-order valence-electron chi connectivity index (χ1n) is 46.3. The number of alkyl carbamates (subject to hydrolysis) is 4. The van der Waals surface area contributed by atoms with Crippen molar-refractivity contribution in [3.8, 4) is 56.3 Å². The summed E-state index contributed by atoms with van der Waals surface area (Å²) in [7, 11) is 3.89. The molecule has 684 valence electrons. The lowest BCUT2D eigenvalue weighted by Crippen LogP contribution is -2.55. The van der Waals surface area contributed by atoms with Crippen molar-refractivity contribution < 1.29 is 76.3 Å². The van der Waals surface area contributed by atoms with Gasteiger partial charge in [-0.2, -0.15) is 0 Å². The zero-order valence-electron chi connectivity index (χ0n) is 75.6. The number of fused-ring (bicyclic) bond motifs is 13. The molecule has 7 fully saturated rings. The van der Waals surface area contributed by atoms with Crippen LogP contribution in [0.4, 0.5) is 19.2 Å². The maximum atomic E-state index is 15.2. The number of rotatable bonds is 20. The number of likely N-dealkylation sites (tertiary alicyclic amines) is 4. The van der Waals surface area contributed by atoms with Crippen molar-refractivity contribution in [2.75, 3.05) is 47.7 Å². The highest BCUT2D eigenvalue weighted by Crippen LogP contribution is 2.53. The first kappa shape index (κ1) is 87.0. The van der Waals surface area contributed by atoms with E-state index in [0.717, 1.165) is 124 Å². The molecule has 0 radical (unpaired) electrons. The number of amides is 8. The Balaban J connectivity index is 0.510. The van der Waals surface area contributed by atoms with Gasteiger partial charge in [0, 0.05) is 59.8 Å². The fourth-order valence-corrected chi connectivity index (χ4v) is 22.6. The molecule has 1 aliphatic carbocycles. The van der Waals surface area contributed by atoms with Gasteiger partial charge < -0.3 is 98.7 Å². The Morgan fingerprint density at radius 2 is 0.954 bits per heavy atom. The Morgan fingerprint density at radius 3 is 1.48 bits per heavy atom. The monoisotopic (exact) mass is 1770 g/mol. The van der Waals surface area contributed by atoms with Crippen LogP contribution >= 0.6 is 0 Å². The number of H-pyrrole nitrogens is 4. The van der Waals surface area contributed by atoms with Gasteiger partial charge in [-0.1, -0.05) is 71.0 Å². The quantitative estimate of drug-likeness (QED) is 0.0329. The minimum atomic E-state index is -0.929. The van der Waals surface area contributed by atoms with E-state index in [1.165, 1.54) is 21.3 Å². The van der Waals surface area contributed by atoms with E-state index >= 15 is 9.59 Å². The van der Waals surface area contributed by atoms with E-state index < -0.39 is 60.6 Å². The van der Waals surface area contributed by atoms with Crippen molar-refractivity contribution in [3.05, 3.63) is 132 Å². The Labute approximate surface area is 753 Å². The molecule has 10 aromatic rings. The van der Waals surface area contributed by atoms with Gasteiger partial charge in [-0.3, -0.25) is 19.2 Å². The predicted molar refractivity (Wildman–Crippen MR) is 483 cm³/mol. The maximum absolute atomic E-state index is 15.2. The molecule has 32 heteroatoms. The summed E-state index contributed by atoms with van der Waals surface area (Å²) in [5.41, 5.74) is 12.4. The number of benzene rings is 6. The molecule has 0 bridgehead atoms. The molecule has 12 heterocycles. The summed E-state index contributed by atoms with van der Waals surface area (Å²) in [5.74, 6) is 2.29. The van der Waals surface area contributed by atoms with E-state index in [4.69, 9.17) is 57.8 Å². The topological polar surface area (TPSA) is 386 Å². The molecule has 6 aromatic carbocycles. The predicted octanol–water partition coefficient (Wildman–Crippen LogP) is 15.2. The van der Waals surface area contributed by atoms with Gasteiger partial charge >= 0.3 is 24.4 Å². The molecule has 9 aliphatic rings. The van der Waals surface area contributed by atoms with Gasteiger partial charge in [0.05, 0.1) is 110 Å². The molecule has 8 amide bonds. The minimum Gasteiger partial charge on any atom is -0.488 e. The van der Waals surface area contributed by atoms with Crippen LogP contribution in [0.5, 0.6) is 11.5 Å². The van der Waals surface area contributed by atoms with Gasteiger partial charge in [0.15, 0.2) is 0 Å². The summed E-state index contributed by atoms with van der Waals surface area (Å²) >= 11 is 0. The fraction of sp³-hybridized carbons (Fsp3) is 0.510. The molecule has 8 N–H and O–H groups in total. The molecule has 6 saturated heterocycles. The summed E-state index contributed by atoms with van der Waals surface area (Å²) < 4.78 is 46.1. The van der Waals surface area contributed by atoms with Crippen molar-refractivity contribution in [1.82, 2.24) is 80.7 Å². The van der Waals surface area contributed by atoms with Crippen LogP contribution in [0.3, 0.4) is 0 Å². The third-order valence-corrected chi connectivity index (χ3v) is 29.3. The summed E-state index contributed by atoms with van der Waals surface area (Å²) in [5, 5.41) is 15.4. The van der Waals surface area contributed by atoms with Crippen molar-refractivity contribution in [2.45, 2.75) is 231 Å². The number of hydrogen-bond acceptors (Lipinski definition) is 20. The lowest BCUT2D eigenvalue weighted by molar-refractivity contribution is -0.139. The first-order valence-corrected chi connectivity index (χ1v) is 46.3. The summed E-state index contributed by atoms with van der Waals surface area (Å²) in [6.07, 6.45) is 8.64. The van der Waals surface area contributed by atoms with Crippen LogP contribution in [-0.4, -0.2) is 210 Å². The SMILES string of the molecule is COC(=O)N[C@H](C(=O)N1[C@H](c2ncc(-c3ccc4c(c3)COc3cc5c(ccc6nc([C@@H]7CC[C@H](C)N7C(=O)[C@@H](NC(=O)OC)C7CCO[C@H](C)C7)[nH]c65)cc3-4)[nH]2)C[C@@H]2C(COC(=O)N[C@H](C(=O)N3[C@@H](C)CC[C@H]3c3ncc(-c4ccc5c(c4)COc4cc6c(ccc7nc([C@@H]8C[C@H](C)CN8C(=O)[C@@H](NC(=O)OC)C8CCO[C@H](C)C8)[nH]c76)cc4-5)[nH]3)C(C)C)CC[C@@H]21)C(C)C. The number of nitrogens with one attached hydrogen (secondary N) is 8. The van der Waals surface area contributed by atoms with Crippen molar-refractivity contribution in [1.29, 1.82) is 0 Å². The molecule has 8 aliphatic heterocycles. The van der Waals surface area contributed by atoms with E-state index in [2.05, 4.69) is 121 Å². The zero-order chi connectivity index (χ0) is 90.5. The highest BCUT2D eigenvalue weighted by atomic mass is 16.6. The number of carbonyl (C=O) groups excluding carboxylic acids is 8. The number of hydrogen-bond donors (Lipinski definition) is 8. The van der Waals surface area contributed by atoms with Crippen LogP contribution in [-0.2, 0) is 60.8 Å². The summed E-state index contributed by atoms with van der Waals surface area (Å²) in [6.45, 7) is 20.0. The Hall–Kier alpha value is -12.3. The number of aromatic amines is 4. The second-order valence-corrected chi connectivity index (χ2v) is 38.3.